The molecule has 1 rings (SSSR count). The summed E-state index contributed by atoms with van der Waals surface area (Å²) in [5, 5.41) is 8.69. The summed E-state index contributed by atoms with van der Waals surface area (Å²) in [6.07, 6.45) is 0.473. The highest BCUT2D eigenvalue weighted by Crippen LogP contribution is 2.21. The van der Waals surface area contributed by atoms with Gasteiger partial charge >= 0.3 is 0 Å². The molecule has 0 radical (unpaired) electrons. The average Bonchev–Trinajstić information content (AvgIpc) is 2.30. The number of benzene rings is 1. The second-order valence-corrected chi connectivity index (χ2v) is 3.87. The minimum atomic E-state index is -0.393. The van der Waals surface area contributed by atoms with Crippen molar-refractivity contribution >= 4 is 11.6 Å². The van der Waals surface area contributed by atoms with Crippen molar-refractivity contribution < 1.29 is 4.39 Å². The van der Waals surface area contributed by atoms with Crippen molar-refractivity contribution in [2.75, 3.05) is 13.1 Å². The summed E-state index contributed by atoms with van der Waals surface area (Å²) < 4.78 is 13.2. The lowest BCUT2D eigenvalue weighted by Crippen LogP contribution is -2.24. The van der Waals surface area contributed by atoms with Gasteiger partial charge in [0, 0.05) is 19.5 Å². The zero-order valence-electron chi connectivity index (χ0n) is 9.21. The summed E-state index contributed by atoms with van der Waals surface area (Å²) >= 11 is 5.86. The lowest BCUT2D eigenvalue weighted by molar-refractivity contribution is 0.286. The van der Waals surface area contributed by atoms with Gasteiger partial charge in [0.05, 0.1) is 11.1 Å². The van der Waals surface area contributed by atoms with Gasteiger partial charge in [-0.15, -0.1) is 0 Å². The van der Waals surface area contributed by atoms with Gasteiger partial charge in [-0.1, -0.05) is 30.7 Å². The van der Waals surface area contributed by atoms with Crippen LogP contribution in [0.15, 0.2) is 18.2 Å². The molecule has 0 amide bonds. The van der Waals surface area contributed by atoms with Crippen LogP contribution >= 0.6 is 11.6 Å². The van der Waals surface area contributed by atoms with E-state index in [0.717, 1.165) is 12.1 Å². The van der Waals surface area contributed by atoms with Gasteiger partial charge < -0.3 is 0 Å². The van der Waals surface area contributed by atoms with Crippen molar-refractivity contribution in [1.29, 1.82) is 5.26 Å². The van der Waals surface area contributed by atoms with E-state index in [1.54, 1.807) is 12.1 Å². The van der Waals surface area contributed by atoms with Crippen molar-refractivity contribution in [2.24, 2.45) is 0 Å². The summed E-state index contributed by atoms with van der Waals surface area (Å²) in [6.45, 7) is 4.08. The number of nitriles is 1. The average molecular weight is 241 g/mol. The molecule has 0 unspecified atom stereocenters. The highest BCUT2D eigenvalue weighted by Gasteiger charge is 2.09. The smallest absolute Gasteiger partial charge is 0.142 e. The molecule has 0 N–H and O–H groups in total. The van der Waals surface area contributed by atoms with E-state index >= 15 is 0 Å². The Morgan fingerprint density at radius 2 is 2.25 bits per heavy atom. The number of hydrogen-bond acceptors (Lipinski definition) is 2. The molecule has 0 spiro atoms. The van der Waals surface area contributed by atoms with Crippen LogP contribution in [0.3, 0.4) is 0 Å². The molecule has 1 aromatic carbocycles. The Bertz CT molecular complexity index is 387. The summed E-state index contributed by atoms with van der Waals surface area (Å²) in [5.41, 5.74) is 0.765. The molecule has 0 fully saturated rings. The van der Waals surface area contributed by atoms with Crippen LogP contribution in [0.2, 0.25) is 5.02 Å². The molecule has 2 nitrogen and oxygen atoms in total. The van der Waals surface area contributed by atoms with Crippen molar-refractivity contribution in [3.63, 3.8) is 0 Å². The molecule has 86 valence electrons. The van der Waals surface area contributed by atoms with Crippen LogP contribution in [-0.4, -0.2) is 18.0 Å². The molecular formula is C12H14ClFN2. The first-order valence-electron chi connectivity index (χ1n) is 5.21. The minimum absolute atomic E-state index is 0.179. The third-order valence-corrected chi connectivity index (χ3v) is 2.84. The highest BCUT2D eigenvalue weighted by molar-refractivity contribution is 6.31. The van der Waals surface area contributed by atoms with E-state index < -0.39 is 5.82 Å². The zero-order valence-corrected chi connectivity index (χ0v) is 9.97. The van der Waals surface area contributed by atoms with Crippen LogP contribution in [0.1, 0.15) is 18.9 Å². The molecule has 1 aromatic rings. The van der Waals surface area contributed by atoms with Gasteiger partial charge in [0.1, 0.15) is 5.82 Å². The molecule has 0 saturated carbocycles. The fraction of sp³-hybridized carbons (Fsp3) is 0.417. The van der Waals surface area contributed by atoms with E-state index in [1.807, 2.05) is 6.92 Å². The third-order valence-electron chi connectivity index (χ3n) is 2.41. The Balaban J connectivity index is 2.71. The van der Waals surface area contributed by atoms with E-state index in [9.17, 15) is 4.39 Å². The van der Waals surface area contributed by atoms with Gasteiger partial charge in [0.15, 0.2) is 0 Å². The summed E-state index contributed by atoms with van der Waals surface area (Å²) in [7, 11) is 0. The van der Waals surface area contributed by atoms with Gasteiger partial charge in [-0.3, -0.25) is 4.90 Å². The van der Waals surface area contributed by atoms with Crippen molar-refractivity contribution in [1.82, 2.24) is 4.90 Å². The first-order valence-corrected chi connectivity index (χ1v) is 5.59. The Hall–Kier alpha value is -1.11. The maximum Gasteiger partial charge on any atom is 0.142 e. The SMILES string of the molecule is CCN(CCC#N)Cc1cccc(F)c1Cl. The number of nitrogens with zero attached hydrogens (tertiary/aromatic N) is 2. The number of rotatable bonds is 5. The predicted molar refractivity (Wildman–Crippen MR) is 62.6 cm³/mol. The Morgan fingerprint density at radius 3 is 2.88 bits per heavy atom. The largest absolute Gasteiger partial charge is 0.298 e. The second kappa shape index (κ2) is 6.47. The lowest BCUT2D eigenvalue weighted by atomic mass is 10.2. The third kappa shape index (κ3) is 3.48. The van der Waals surface area contributed by atoms with Crippen LogP contribution in [0.5, 0.6) is 0 Å². The molecule has 0 heterocycles. The van der Waals surface area contributed by atoms with E-state index in [2.05, 4.69) is 11.0 Å². The predicted octanol–water partition coefficient (Wildman–Crippen LogP) is 3.21. The summed E-state index contributed by atoms with van der Waals surface area (Å²) in [6, 6.07) is 6.89. The fourth-order valence-corrected chi connectivity index (χ4v) is 1.65. The molecule has 0 aliphatic heterocycles. The quantitative estimate of drug-likeness (QED) is 0.790. The normalized spacial score (nSPS) is 10.4. The Kier molecular flexibility index (Phi) is 5.24. The summed E-state index contributed by atoms with van der Waals surface area (Å²) in [4.78, 5) is 2.06. The lowest BCUT2D eigenvalue weighted by Gasteiger charge is -2.19. The van der Waals surface area contributed by atoms with Crippen LogP contribution in [-0.2, 0) is 6.54 Å². The standard InChI is InChI=1S/C12H14ClFN2/c1-2-16(8-4-7-15)9-10-5-3-6-11(14)12(10)13/h3,5-6H,2,4,8-9H2,1H3. The molecule has 0 aliphatic carbocycles. The minimum Gasteiger partial charge on any atom is -0.298 e. The van der Waals surface area contributed by atoms with Crippen LogP contribution in [0, 0.1) is 17.1 Å². The molecule has 0 bridgehead atoms. The fourth-order valence-electron chi connectivity index (χ4n) is 1.47. The van der Waals surface area contributed by atoms with Gasteiger partial charge in [-0.2, -0.15) is 5.26 Å². The zero-order chi connectivity index (χ0) is 12.0. The molecule has 0 aliphatic rings. The maximum atomic E-state index is 13.2. The molecule has 0 atom stereocenters. The van der Waals surface area contributed by atoms with Gasteiger partial charge in [-0.25, -0.2) is 4.39 Å². The van der Waals surface area contributed by atoms with Crippen molar-refractivity contribution in [3.8, 4) is 6.07 Å². The first-order chi connectivity index (χ1) is 7.69. The first kappa shape index (κ1) is 13.0. The molecular weight excluding hydrogens is 227 g/mol. The van der Waals surface area contributed by atoms with Gasteiger partial charge in [-0.05, 0) is 18.2 Å². The van der Waals surface area contributed by atoms with Gasteiger partial charge in [0.25, 0.3) is 0 Å². The van der Waals surface area contributed by atoms with Crippen molar-refractivity contribution in [3.05, 3.63) is 34.6 Å². The molecule has 16 heavy (non-hydrogen) atoms. The van der Waals surface area contributed by atoms with Crippen LogP contribution < -0.4 is 0 Å². The monoisotopic (exact) mass is 240 g/mol. The maximum absolute atomic E-state index is 13.2. The van der Waals surface area contributed by atoms with Crippen LogP contribution in [0.25, 0.3) is 0 Å². The molecule has 0 saturated heterocycles. The Labute approximate surface area is 100 Å². The van der Waals surface area contributed by atoms with Crippen molar-refractivity contribution in [2.45, 2.75) is 19.9 Å². The van der Waals surface area contributed by atoms with E-state index in [-0.39, 0.29) is 5.02 Å². The molecule has 0 aromatic heterocycles. The number of hydrogen-bond donors (Lipinski definition) is 0. The second-order valence-electron chi connectivity index (χ2n) is 3.49. The van der Waals surface area contributed by atoms with Crippen LogP contribution in [0.4, 0.5) is 4.39 Å². The number of halogens is 2. The van der Waals surface area contributed by atoms with E-state index in [4.69, 9.17) is 16.9 Å². The highest BCUT2D eigenvalue weighted by atomic mass is 35.5. The van der Waals surface area contributed by atoms with E-state index in [0.29, 0.717) is 19.5 Å². The Morgan fingerprint density at radius 1 is 1.50 bits per heavy atom. The summed E-state index contributed by atoms with van der Waals surface area (Å²) in [5.74, 6) is -0.393. The van der Waals surface area contributed by atoms with Gasteiger partial charge in [0.2, 0.25) is 0 Å². The molecule has 4 heteroatoms. The van der Waals surface area contributed by atoms with E-state index in [1.165, 1.54) is 6.07 Å². The topological polar surface area (TPSA) is 27.0 Å².